The summed E-state index contributed by atoms with van der Waals surface area (Å²) in [7, 11) is 0. The number of anilines is 1. The van der Waals surface area contributed by atoms with Crippen LogP contribution in [0.2, 0.25) is 0 Å². The first-order valence-corrected chi connectivity index (χ1v) is 12.9. The van der Waals surface area contributed by atoms with Crippen molar-refractivity contribution in [3.63, 3.8) is 0 Å². The minimum absolute atomic E-state index is 0.0377. The third kappa shape index (κ3) is 6.87. The van der Waals surface area contributed by atoms with Crippen LogP contribution in [0.5, 0.6) is 23.0 Å². The van der Waals surface area contributed by atoms with E-state index in [1.165, 1.54) is 29.5 Å². The molecular formula is C28H21F3N2O7S. The number of aryl methyl sites for hydroxylation is 1. The van der Waals surface area contributed by atoms with Gasteiger partial charge >= 0.3 is 12.3 Å². The van der Waals surface area contributed by atoms with Crippen molar-refractivity contribution >= 4 is 28.9 Å². The standard InChI is InChI=1S/C28H21F3N2O7S/c1-15-9-18(6-8-21(15)39-14-25(35)36)37-13-24-33-26(16-5-7-22-20(11-16)32-23(34)12-38-22)27(41-24)17-3-2-4-19(10-17)40-28(29,30)31/h2-11H,12-14H2,1H3,(H,32,34)(H,35,36). The number of hydrogen-bond acceptors (Lipinski definition) is 8. The van der Waals surface area contributed by atoms with Gasteiger partial charge in [-0.15, -0.1) is 24.5 Å². The summed E-state index contributed by atoms with van der Waals surface area (Å²) in [6.07, 6.45) is -4.85. The summed E-state index contributed by atoms with van der Waals surface area (Å²) >= 11 is 1.23. The molecule has 0 radical (unpaired) electrons. The van der Waals surface area contributed by atoms with E-state index >= 15 is 0 Å². The van der Waals surface area contributed by atoms with Crippen molar-refractivity contribution in [3.05, 3.63) is 71.2 Å². The van der Waals surface area contributed by atoms with E-state index < -0.39 is 18.9 Å². The molecule has 3 aromatic carbocycles. The number of aliphatic carboxylic acids is 1. The van der Waals surface area contributed by atoms with E-state index in [0.717, 1.165) is 0 Å². The normalized spacial score (nSPS) is 12.6. The number of amides is 1. The monoisotopic (exact) mass is 586 g/mol. The third-order valence-corrected chi connectivity index (χ3v) is 6.82. The van der Waals surface area contributed by atoms with Crippen LogP contribution in [-0.4, -0.2) is 41.5 Å². The third-order valence-electron chi connectivity index (χ3n) is 5.75. The molecule has 4 aromatic rings. The van der Waals surface area contributed by atoms with Gasteiger partial charge in [0.25, 0.3) is 5.91 Å². The van der Waals surface area contributed by atoms with Crippen molar-refractivity contribution in [2.75, 3.05) is 18.5 Å². The molecule has 1 aromatic heterocycles. The summed E-state index contributed by atoms with van der Waals surface area (Å²) in [5.74, 6) is -0.404. The number of aromatic nitrogens is 1. The fourth-order valence-corrected chi connectivity index (χ4v) is 5.04. The molecule has 1 aliphatic rings. The van der Waals surface area contributed by atoms with Crippen molar-refractivity contribution in [2.24, 2.45) is 0 Å². The lowest BCUT2D eigenvalue weighted by molar-refractivity contribution is -0.274. The Morgan fingerprint density at radius 1 is 1.07 bits per heavy atom. The number of carbonyl (C=O) groups is 2. The molecule has 41 heavy (non-hydrogen) atoms. The number of nitrogens with zero attached hydrogens (tertiary/aromatic N) is 1. The van der Waals surface area contributed by atoms with Crippen LogP contribution in [0.1, 0.15) is 10.6 Å². The van der Waals surface area contributed by atoms with E-state index in [0.29, 0.717) is 55.2 Å². The molecule has 0 saturated heterocycles. The predicted molar refractivity (Wildman–Crippen MR) is 142 cm³/mol. The first-order chi connectivity index (χ1) is 19.5. The number of benzene rings is 3. The predicted octanol–water partition coefficient (Wildman–Crippen LogP) is 6.06. The molecule has 1 aliphatic heterocycles. The number of thiazole rings is 1. The van der Waals surface area contributed by atoms with E-state index in [-0.39, 0.29) is 24.9 Å². The molecule has 0 aliphatic carbocycles. The zero-order valence-corrected chi connectivity index (χ0v) is 22.1. The van der Waals surface area contributed by atoms with Gasteiger partial charge in [-0.05, 0) is 66.6 Å². The molecule has 0 fully saturated rings. The van der Waals surface area contributed by atoms with Gasteiger partial charge in [0.05, 0.1) is 16.3 Å². The van der Waals surface area contributed by atoms with Crippen LogP contribution in [0.25, 0.3) is 21.7 Å². The number of carboxylic acid groups (broad SMARTS) is 1. The molecule has 13 heteroatoms. The SMILES string of the molecule is Cc1cc(OCc2nc(-c3ccc4c(c3)NC(=O)CO4)c(-c3cccc(OC(F)(F)F)c3)s2)ccc1OCC(=O)O. The lowest BCUT2D eigenvalue weighted by Gasteiger charge is -2.18. The van der Waals surface area contributed by atoms with E-state index in [4.69, 9.17) is 24.3 Å². The minimum Gasteiger partial charge on any atom is -0.486 e. The van der Waals surface area contributed by atoms with Crippen molar-refractivity contribution in [1.82, 2.24) is 4.98 Å². The smallest absolute Gasteiger partial charge is 0.486 e. The molecule has 0 spiro atoms. The molecule has 5 rings (SSSR count). The Kier molecular flexibility index (Phi) is 7.70. The van der Waals surface area contributed by atoms with Crippen molar-refractivity contribution < 1.29 is 46.8 Å². The van der Waals surface area contributed by atoms with Gasteiger partial charge in [-0.3, -0.25) is 4.79 Å². The van der Waals surface area contributed by atoms with Crippen molar-refractivity contribution in [2.45, 2.75) is 19.9 Å². The summed E-state index contributed by atoms with van der Waals surface area (Å²) < 4.78 is 59.3. The van der Waals surface area contributed by atoms with Crippen LogP contribution in [0.3, 0.4) is 0 Å². The van der Waals surface area contributed by atoms with E-state index in [1.807, 2.05) is 0 Å². The molecule has 1 amide bonds. The second-order valence-electron chi connectivity index (χ2n) is 8.81. The Labute approximate surface area is 235 Å². The fourth-order valence-electron chi connectivity index (χ4n) is 4.04. The van der Waals surface area contributed by atoms with Gasteiger partial charge in [0.2, 0.25) is 0 Å². The number of carboxylic acids is 1. The largest absolute Gasteiger partial charge is 0.573 e. The molecule has 9 nitrogen and oxygen atoms in total. The Morgan fingerprint density at radius 2 is 1.90 bits per heavy atom. The van der Waals surface area contributed by atoms with Gasteiger partial charge in [0.15, 0.2) is 13.2 Å². The number of nitrogens with one attached hydrogen (secondary N) is 1. The van der Waals surface area contributed by atoms with Gasteiger partial charge in [-0.25, -0.2) is 9.78 Å². The highest BCUT2D eigenvalue weighted by molar-refractivity contribution is 7.15. The number of alkyl halides is 3. The van der Waals surface area contributed by atoms with Gasteiger partial charge in [-0.2, -0.15) is 0 Å². The van der Waals surface area contributed by atoms with E-state index in [9.17, 15) is 22.8 Å². The van der Waals surface area contributed by atoms with Crippen LogP contribution in [0, 0.1) is 6.92 Å². The second kappa shape index (κ2) is 11.4. The Hall–Kier alpha value is -4.78. The number of ether oxygens (including phenoxy) is 4. The second-order valence-corrected chi connectivity index (χ2v) is 9.89. The first-order valence-electron chi connectivity index (χ1n) is 12.0. The molecule has 0 atom stereocenters. The maximum Gasteiger partial charge on any atom is 0.573 e. The lowest BCUT2D eigenvalue weighted by Crippen LogP contribution is -2.25. The molecule has 2 N–H and O–H groups in total. The molecule has 212 valence electrons. The summed E-state index contributed by atoms with van der Waals surface area (Å²) in [6.45, 7) is 1.21. The zero-order valence-electron chi connectivity index (χ0n) is 21.3. The van der Waals surface area contributed by atoms with Crippen molar-refractivity contribution in [1.29, 1.82) is 0 Å². The molecule has 0 saturated carbocycles. The topological polar surface area (TPSA) is 116 Å². The highest BCUT2D eigenvalue weighted by atomic mass is 32.1. The highest BCUT2D eigenvalue weighted by Crippen LogP contribution is 2.41. The highest BCUT2D eigenvalue weighted by Gasteiger charge is 2.31. The molecule has 0 bridgehead atoms. The van der Waals surface area contributed by atoms with Crippen molar-refractivity contribution in [3.8, 4) is 44.7 Å². The fraction of sp³-hybridized carbons (Fsp3) is 0.179. The van der Waals surface area contributed by atoms with Crippen LogP contribution >= 0.6 is 11.3 Å². The average molecular weight is 587 g/mol. The number of carbonyl (C=O) groups excluding carboxylic acids is 1. The number of hydrogen-bond donors (Lipinski definition) is 2. The maximum atomic E-state index is 12.9. The Bertz CT molecular complexity index is 1620. The van der Waals surface area contributed by atoms with E-state index in [1.54, 1.807) is 49.4 Å². The van der Waals surface area contributed by atoms with Gasteiger partial charge < -0.3 is 29.4 Å². The molecular weight excluding hydrogens is 565 g/mol. The zero-order chi connectivity index (χ0) is 29.1. The number of halogens is 3. The summed E-state index contributed by atoms with van der Waals surface area (Å²) in [5, 5.41) is 12.1. The quantitative estimate of drug-likeness (QED) is 0.243. The first kappa shape index (κ1) is 27.8. The van der Waals surface area contributed by atoms with Crippen LogP contribution in [0.4, 0.5) is 18.9 Å². The average Bonchev–Trinajstić information content (AvgIpc) is 3.34. The summed E-state index contributed by atoms with van der Waals surface area (Å²) in [6, 6.07) is 15.6. The summed E-state index contributed by atoms with van der Waals surface area (Å²) in [4.78, 5) is 27.9. The molecule has 2 heterocycles. The van der Waals surface area contributed by atoms with E-state index in [2.05, 4.69) is 10.1 Å². The minimum atomic E-state index is -4.85. The maximum absolute atomic E-state index is 12.9. The van der Waals surface area contributed by atoms with Crippen LogP contribution < -0.4 is 24.3 Å². The lowest BCUT2D eigenvalue weighted by atomic mass is 10.1. The summed E-state index contributed by atoms with van der Waals surface area (Å²) in [5.41, 5.74) is 2.63. The van der Waals surface area contributed by atoms with Gasteiger partial charge in [0, 0.05) is 5.56 Å². The van der Waals surface area contributed by atoms with Gasteiger partial charge in [-0.1, -0.05) is 12.1 Å². The number of rotatable bonds is 9. The van der Waals surface area contributed by atoms with Crippen LogP contribution in [0.15, 0.2) is 60.7 Å². The van der Waals surface area contributed by atoms with Crippen LogP contribution in [-0.2, 0) is 16.2 Å². The Morgan fingerprint density at radius 3 is 2.66 bits per heavy atom. The molecule has 0 unspecified atom stereocenters. The number of fused-ring (bicyclic) bond motifs is 1. The van der Waals surface area contributed by atoms with Gasteiger partial charge in [0.1, 0.15) is 34.6 Å². The Balaban J connectivity index is 1.46.